The van der Waals surface area contributed by atoms with E-state index in [4.69, 9.17) is 16.6 Å². The molecule has 1 aromatic heterocycles. The maximum atomic E-state index is 6.61. The molecule has 0 saturated carbocycles. The van der Waals surface area contributed by atoms with Gasteiger partial charge in [0.2, 0.25) is 0 Å². The smallest absolute Gasteiger partial charge is 0.0753 e. The van der Waals surface area contributed by atoms with Crippen LogP contribution in [0.2, 0.25) is 5.02 Å². The molecule has 3 rings (SSSR count). The summed E-state index contributed by atoms with van der Waals surface area (Å²) in [6.45, 7) is 8.25. The van der Waals surface area contributed by atoms with Crippen LogP contribution in [0.1, 0.15) is 22.3 Å². The van der Waals surface area contributed by atoms with Crippen LogP contribution in [-0.4, -0.2) is 4.98 Å². The number of benzene rings is 2. The molecule has 0 bridgehead atoms. The Morgan fingerprint density at radius 2 is 0.957 bits per heavy atom. The van der Waals surface area contributed by atoms with E-state index in [1.165, 1.54) is 11.1 Å². The maximum absolute atomic E-state index is 6.61. The highest BCUT2D eigenvalue weighted by molar-refractivity contribution is 6.32. The zero-order chi connectivity index (χ0) is 16.6. The first-order chi connectivity index (χ1) is 11.0. The van der Waals surface area contributed by atoms with Gasteiger partial charge in [-0.3, -0.25) is 0 Å². The van der Waals surface area contributed by atoms with Crippen LogP contribution in [0.4, 0.5) is 0 Å². The van der Waals surface area contributed by atoms with Gasteiger partial charge in [-0.2, -0.15) is 0 Å². The summed E-state index contributed by atoms with van der Waals surface area (Å²) in [6, 6.07) is 16.9. The fourth-order valence-corrected chi connectivity index (χ4v) is 2.93. The Kier molecular flexibility index (Phi) is 4.23. The molecule has 2 aromatic carbocycles. The molecular formula is C21H20ClN. The van der Waals surface area contributed by atoms with Crippen molar-refractivity contribution in [1.29, 1.82) is 0 Å². The Hall–Kier alpha value is -2.12. The fourth-order valence-electron chi connectivity index (χ4n) is 2.75. The molecule has 0 atom stereocenters. The number of aryl methyl sites for hydroxylation is 2. The zero-order valence-corrected chi connectivity index (χ0v) is 14.7. The molecule has 23 heavy (non-hydrogen) atoms. The lowest BCUT2D eigenvalue weighted by atomic mass is 9.99. The van der Waals surface area contributed by atoms with E-state index in [0.29, 0.717) is 0 Å². The molecule has 1 nitrogen and oxygen atoms in total. The zero-order valence-electron chi connectivity index (χ0n) is 13.9. The number of hydrogen-bond donors (Lipinski definition) is 0. The molecule has 0 radical (unpaired) electrons. The molecule has 3 aromatic rings. The van der Waals surface area contributed by atoms with Crippen molar-refractivity contribution in [2.45, 2.75) is 27.7 Å². The summed E-state index contributed by atoms with van der Waals surface area (Å²) < 4.78 is 0. The van der Waals surface area contributed by atoms with Gasteiger partial charge in [0.25, 0.3) is 0 Å². The van der Waals surface area contributed by atoms with E-state index in [2.05, 4.69) is 62.4 Å². The van der Waals surface area contributed by atoms with Gasteiger partial charge in [0, 0.05) is 11.1 Å². The first kappa shape index (κ1) is 15.8. The van der Waals surface area contributed by atoms with Crippen LogP contribution in [0.5, 0.6) is 0 Å². The second-order valence-corrected chi connectivity index (χ2v) is 6.48. The molecule has 0 aliphatic carbocycles. The highest BCUT2D eigenvalue weighted by atomic mass is 35.5. The lowest BCUT2D eigenvalue weighted by Gasteiger charge is -2.15. The van der Waals surface area contributed by atoms with E-state index in [0.717, 1.165) is 38.7 Å². The number of halogens is 1. The van der Waals surface area contributed by atoms with Crippen molar-refractivity contribution in [3.05, 3.63) is 75.8 Å². The van der Waals surface area contributed by atoms with Crippen LogP contribution in [0.25, 0.3) is 22.5 Å². The molecule has 0 unspecified atom stereocenters. The molecule has 1 heterocycles. The van der Waals surface area contributed by atoms with Gasteiger partial charge in [-0.1, -0.05) is 71.3 Å². The van der Waals surface area contributed by atoms with Crippen molar-refractivity contribution in [1.82, 2.24) is 4.98 Å². The summed E-state index contributed by atoms with van der Waals surface area (Å²) in [7, 11) is 0. The van der Waals surface area contributed by atoms with Gasteiger partial charge < -0.3 is 0 Å². The van der Waals surface area contributed by atoms with Gasteiger partial charge in [-0.15, -0.1) is 0 Å². The Bertz CT molecular complexity index is 777. The van der Waals surface area contributed by atoms with Gasteiger partial charge >= 0.3 is 0 Å². The van der Waals surface area contributed by atoms with Crippen molar-refractivity contribution in [2.24, 2.45) is 0 Å². The van der Waals surface area contributed by atoms with Crippen LogP contribution in [0, 0.1) is 27.7 Å². The Labute approximate surface area is 143 Å². The van der Waals surface area contributed by atoms with Crippen LogP contribution < -0.4 is 0 Å². The van der Waals surface area contributed by atoms with Crippen LogP contribution in [0.3, 0.4) is 0 Å². The monoisotopic (exact) mass is 321 g/mol. The molecule has 0 aliphatic rings. The largest absolute Gasteiger partial charge is 0.247 e. The normalized spacial score (nSPS) is 10.8. The van der Waals surface area contributed by atoms with Gasteiger partial charge in [0.15, 0.2) is 0 Å². The summed E-state index contributed by atoms with van der Waals surface area (Å²) >= 11 is 6.61. The number of pyridine rings is 1. The third kappa shape index (κ3) is 3.02. The third-order valence-corrected chi connectivity index (χ3v) is 4.81. The summed E-state index contributed by atoms with van der Waals surface area (Å²) in [4.78, 5) is 4.95. The van der Waals surface area contributed by atoms with Crippen LogP contribution >= 0.6 is 11.6 Å². The lowest BCUT2D eigenvalue weighted by molar-refractivity contribution is 1.22. The Balaban J connectivity index is 2.22. The first-order valence-electron chi connectivity index (χ1n) is 7.78. The molecule has 0 aliphatic heterocycles. The predicted molar refractivity (Wildman–Crippen MR) is 99.1 cm³/mol. The summed E-state index contributed by atoms with van der Waals surface area (Å²) in [6.07, 6.45) is 0. The SMILES string of the molecule is Cc1ccc(-c2nc(-c3ccc(C)cc3)c(C)c(Cl)c2C)cc1. The highest BCUT2D eigenvalue weighted by Crippen LogP contribution is 2.35. The quantitative estimate of drug-likeness (QED) is 0.539. The van der Waals surface area contributed by atoms with Crippen LogP contribution in [0.15, 0.2) is 48.5 Å². The molecule has 2 heteroatoms. The number of nitrogens with zero attached hydrogens (tertiary/aromatic N) is 1. The standard InChI is InChI=1S/C21H20ClN/c1-13-5-9-17(10-6-13)20-15(3)19(22)16(4)21(23-20)18-11-7-14(2)8-12-18/h5-12H,1-4H3. The van der Waals surface area contributed by atoms with Crippen molar-refractivity contribution >= 4 is 11.6 Å². The molecule has 0 fully saturated rings. The average Bonchev–Trinajstić information content (AvgIpc) is 2.55. The Morgan fingerprint density at radius 1 is 0.609 bits per heavy atom. The summed E-state index contributed by atoms with van der Waals surface area (Å²) in [5.74, 6) is 0. The molecule has 0 amide bonds. The Morgan fingerprint density at radius 3 is 1.30 bits per heavy atom. The topological polar surface area (TPSA) is 12.9 Å². The van der Waals surface area contributed by atoms with E-state index < -0.39 is 0 Å². The van der Waals surface area contributed by atoms with Crippen molar-refractivity contribution < 1.29 is 0 Å². The van der Waals surface area contributed by atoms with Gasteiger partial charge in [0.05, 0.1) is 16.4 Å². The lowest BCUT2D eigenvalue weighted by Crippen LogP contribution is -1.97. The third-order valence-electron chi connectivity index (χ3n) is 4.24. The van der Waals surface area contributed by atoms with Crippen molar-refractivity contribution in [3.8, 4) is 22.5 Å². The highest BCUT2D eigenvalue weighted by Gasteiger charge is 2.15. The number of hydrogen-bond acceptors (Lipinski definition) is 1. The molecule has 0 saturated heterocycles. The van der Waals surface area contributed by atoms with Gasteiger partial charge in [-0.25, -0.2) is 4.98 Å². The molecule has 0 spiro atoms. The minimum Gasteiger partial charge on any atom is -0.247 e. The van der Waals surface area contributed by atoms with E-state index in [9.17, 15) is 0 Å². The van der Waals surface area contributed by atoms with E-state index in [-0.39, 0.29) is 0 Å². The van der Waals surface area contributed by atoms with Crippen molar-refractivity contribution in [3.63, 3.8) is 0 Å². The minimum atomic E-state index is 0.797. The molecule has 116 valence electrons. The predicted octanol–water partition coefficient (Wildman–Crippen LogP) is 6.30. The maximum Gasteiger partial charge on any atom is 0.0753 e. The fraction of sp³-hybridized carbons (Fsp3) is 0.190. The summed E-state index contributed by atoms with van der Waals surface area (Å²) in [5, 5.41) is 0.797. The van der Waals surface area contributed by atoms with E-state index in [1.807, 2.05) is 13.8 Å². The van der Waals surface area contributed by atoms with Crippen molar-refractivity contribution in [2.75, 3.05) is 0 Å². The molecule has 0 N–H and O–H groups in total. The van der Waals surface area contributed by atoms with Gasteiger partial charge in [0.1, 0.15) is 0 Å². The summed E-state index contributed by atoms with van der Waals surface area (Å²) in [5.41, 5.74) is 8.65. The van der Waals surface area contributed by atoms with E-state index >= 15 is 0 Å². The van der Waals surface area contributed by atoms with Crippen LogP contribution in [-0.2, 0) is 0 Å². The average molecular weight is 322 g/mol. The second kappa shape index (κ2) is 6.17. The number of aromatic nitrogens is 1. The number of rotatable bonds is 2. The minimum absolute atomic E-state index is 0.797. The van der Waals surface area contributed by atoms with E-state index in [1.54, 1.807) is 0 Å². The van der Waals surface area contributed by atoms with Gasteiger partial charge in [-0.05, 0) is 38.8 Å². The second-order valence-electron chi connectivity index (χ2n) is 6.11. The first-order valence-corrected chi connectivity index (χ1v) is 8.16. The molecular weight excluding hydrogens is 302 g/mol.